The zero-order chi connectivity index (χ0) is 22.0. The fraction of sp³-hybridized carbons (Fsp3) is 0.0833. The highest BCUT2D eigenvalue weighted by atomic mass is 35.5. The lowest BCUT2D eigenvalue weighted by molar-refractivity contribution is -0.116. The summed E-state index contributed by atoms with van der Waals surface area (Å²) in [6, 6.07) is 15.3. The van der Waals surface area contributed by atoms with Crippen molar-refractivity contribution in [2.75, 3.05) is 5.32 Å². The van der Waals surface area contributed by atoms with E-state index in [0.717, 1.165) is 5.56 Å². The first kappa shape index (κ1) is 20.5. The van der Waals surface area contributed by atoms with Crippen molar-refractivity contribution in [3.8, 4) is 0 Å². The van der Waals surface area contributed by atoms with Gasteiger partial charge in [0.15, 0.2) is 5.78 Å². The number of nitrogens with one attached hydrogen (secondary N) is 1. The minimum atomic E-state index is -0.442. The maximum atomic E-state index is 13.1. The molecule has 0 saturated carbocycles. The van der Waals surface area contributed by atoms with E-state index in [1.165, 1.54) is 24.7 Å². The Morgan fingerprint density at radius 3 is 2.55 bits per heavy atom. The molecule has 0 aliphatic heterocycles. The molecule has 2 aromatic heterocycles. The Morgan fingerprint density at radius 1 is 1.06 bits per heavy atom. The lowest BCUT2D eigenvalue weighted by Crippen LogP contribution is -2.24. The summed E-state index contributed by atoms with van der Waals surface area (Å²) in [5, 5.41) is 3.52. The lowest BCUT2D eigenvalue weighted by atomic mass is 10.0. The van der Waals surface area contributed by atoms with E-state index in [9.17, 15) is 14.4 Å². The Kier molecular flexibility index (Phi) is 5.64. The van der Waals surface area contributed by atoms with Crippen LogP contribution in [-0.2, 0) is 11.3 Å². The molecular formula is C24H18ClN3O3. The molecule has 0 atom stereocenters. The van der Waals surface area contributed by atoms with Crippen LogP contribution in [0.2, 0.25) is 5.02 Å². The van der Waals surface area contributed by atoms with E-state index in [0.29, 0.717) is 21.8 Å². The van der Waals surface area contributed by atoms with E-state index < -0.39 is 11.2 Å². The molecule has 0 spiro atoms. The Bertz CT molecular complexity index is 1360. The zero-order valence-electron chi connectivity index (χ0n) is 16.6. The molecule has 1 N–H and O–H groups in total. The van der Waals surface area contributed by atoms with E-state index in [-0.39, 0.29) is 23.4 Å². The smallest absolute Gasteiger partial charge is 0.244 e. The molecule has 4 rings (SSSR count). The average molecular weight is 432 g/mol. The molecule has 7 heteroatoms. The van der Waals surface area contributed by atoms with Gasteiger partial charge < -0.3 is 9.88 Å². The molecule has 0 bridgehead atoms. The second-order valence-electron chi connectivity index (χ2n) is 7.09. The van der Waals surface area contributed by atoms with E-state index >= 15 is 0 Å². The van der Waals surface area contributed by atoms with Crippen molar-refractivity contribution in [2.24, 2.45) is 0 Å². The van der Waals surface area contributed by atoms with Crippen LogP contribution in [0.3, 0.4) is 0 Å². The maximum Gasteiger partial charge on any atom is 0.244 e. The average Bonchev–Trinajstić information content (AvgIpc) is 2.77. The second kappa shape index (κ2) is 8.53. The summed E-state index contributed by atoms with van der Waals surface area (Å²) >= 11 is 6.10. The number of nitrogens with zero attached hydrogens (tertiary/aromatic N) is 2. The molecule has 0 aliphatic carbocycles. The number of ketones is 1. The fourth-order valence-electron chi connectivity index (χ4n) is 3.38. The van der Waals surface area contributed by atoms with Gasteiger partial charge >= 0.3 is 0 Å². The van der Waals surface area contributed by atoms with Crippen molar-refractivity contribution in [3.63, 3.8) is 0 Å². The van der Waals surface area contributed by atoms with Gasteiger partial charge in [0, 0.05) is 40.3 Å². The first-order chi connectivity index (χ1) is 14.9. The number of aromatic nitrogens is 2. The second-order valence-corrected chi connectivity index (χ2v) is 7.53. The molecule has 0 saturated heterocycles. The number of aryl methyl sites for hydroxylation is 1. The number of carbonyl (C=O) groups is 2. The minimum Gasteiger partial charge on any atom is -0.337 e. The first-order valence-corrected chi connectivity index (χ1v) is 9.95. The normalized spacial score (nSPS) is 10.8. The number of hydrogen-bond donors (Lipinski definition) is 1. The molecule has 0 fully saturated rings. The maximum absolute atomic E-state index is 13.1. The van der Waals surface area contributed by atoms with Gasteiger partial charge in [-0.25, -0.2) is 0 Å². The van der Waals surface area contributed by atoms with Gasteiger partial charge in [0.05, 0.1) is 11.1 Å². The number of fused-ring (bicyclic) bond motifs is 1. The number of benzene rings is 2. The summed E-state index contributed by atoms with van der Waals surface area (Å²) in [5.41, 5.74) is 2.01. The third kappa shape index (κ3) is 4.25. The number of rotatable bonds is 5. The monoisotopic (exact) mass is 431 g/mol. The van der Waals surface area contributed by atoms with Crippen molar-refractivity contribution < 1.29 is 9.59 Å². The van der Waals surface area contributed by atoms with E-state index in [4.69, 9.17) is 11.6 Å². The van der Waals surface area contributed by atoms with Gasteiger partial charge in [0.25, 0.3) is 0 Å². The number of para-hydroxylation sites is 1. The number of carbonyl (C=O) groups excluding carboxylic acids is 2. The van der Waals surface area contributed by atoms with Gasteiger partial charge in [-0.3, -0.25) is 19.4 Å². The summed E-state index contributed by atoms with van der Waals surface area (Å²) in [6.07, 6.45) is 4.40. The van der Waals surface area contributed by atoms with Crippen LogP contribution in [0.5, 0.6) is 0 Å². The number of pyridine rings is 2. The predicted octanol–water partition coefficient (Wildman–Crippen LogP) is 4.23. The van der Waals surface area contributed by atoms with Crippen molar-refractivity contribution in [3.05, 3.63) is 105 Å². The molecule has 1 amide bonds. The van der Waals surface area contributed by atoms with Crippen LogP contribution in [-0.4, -0.2) is 21.2 Å². The van der Waals surface area contributed by atoms with Crippen LogP contribution in [0.25, 0.3) is 10.9 Å². The molecule has 0 radical (unpaired) electrons. The largest absolute Gasteiger partial charge is 0.337 e. The molecule has 154 valence electrons. The minimum absolute atomic E-state index is 0.0374. The van der Waals surface area contributed by atoms with E-state index in [1.54, 1.807) is 28.8 Å². The van der Waals surface area contributed by atoms with E-state index in [1.807, 2.05) is 31.2 Å². The Morgan fingerprint density at radius 2 is 1.81 bits per heavy atom. The molecular weight excluding hydrogens is 414 g/mol. The Labute approximate surface area is 183 Å². The van der Waals surface area contributed by atoms with Gasteiger partial charge in [-0.15, -0.1) is 0 Å². The molecule has 0 aliphatic rings. The molecule has 4 aromatic rings. The fourth-order valence-corrected chi connectivity index (χ4v) is 3.55. The summed E-state index contributed by atoms with van der Waals surface area (Å²) in [6.45, 7) is 1.82. The SMILES string of the molecule is Cc1ccccc1NC(=O)Cn1cc(C(=O)c2ccncc2)c(=O)c2cc(Cl)ccc21. The van der Waals surface area contributed by atoms with Crippen LogP contribution in [0.4, 0.5) is 5.69 Å². The highest BCUT2D eigenvalue weighted by molar-refractivity contribution is 6.31. The third-order valence-electron chi connectivity index (χ3n) is 4.96. The van der Waals surface area contributed by atoms with Crippen molar-refractivity contribution in [1.82, 2.24) is 9.55 Å². The summed E-state index contributed by atoms with van der Waals surface area (Å²) in [7, 11) is 0. The van der Waals surface area contributed by atoms with Crippen molar-refractivity contribution in [1.29, 1.82) is 0 Å². The van der Waals surface area contributed by atoms with Crippen LogP contribution in [0.1, 0.15) is 21.5 Å². The van der Waals surface area contributed by atoms with Gasteiger partial charge in [0.1, 0.15) is 6.54 Å². The number of anilines is 1. The number of hydrogen-bond acceptors (Lipinski definition) is 4. The predicted molar refractivity (Wildman–Crippen MR) is 121 cm³/mol. The molecule has 0 unspecified atom stereocenters. The van der Waals surface area contributed by atoms with Gasteiger partial charge in [0.2, 0.25) is 11.3 Å². The van der Waals surface area contributed by atoms with Crippen LogP contribution in [0, 0.1) is 6.92 Å². The van der Waals surface area contributed by atoms with Crippen LogP contribution < -0.4 is 10.7 Å². The third-order valence-corrected chi connectivity index (χ3v) is 5.20. The highest BCUT2D eigenvalue weighted by Crippen LogP contribution is 2.20. The Hall–Kier alpha value is -3.77. The van der Waals surface area contributed by atoms with Crippen LogP contribution in [0.15, 0.2) is 78.0 Å². The van der Waals surface area contributed by atoms with Gasteiger partial charge in [-0.05, 0) is 48.9 Å². The molecule has 6 nitrogen and oxygen atoms in total. The molecule has 31 heavy (non-hydrogen) atoms. The first-order valence-electron chi connectivity index (χ1n) is 9.57. The quantitative estimate of drug-likeness (QED) is 0.479. The van der Waals surface area contributed by atoms with Gasteiger partial charge in [-0.2, -0.15) is 0 Å². The molecule has 2 aromatic carbocycles. The van der Waals surface area contributed by atoms with E-state index in [2.05, 4.69) is 10.3 Å². The van der Waals surface area contributed by atoms with Crippen molar-refractivity contribution >= 4 is 39.9 Å². The Balaban J connectivity index is 1.78. The number of amides is 1. The lowest BCUT2D eigenvalue weighted by Gasteiger charge is -2.14. The van der Waals surface area contributed by atoms with Crippen LogP contribution >= 0.6 is 11.6 Å². The zero-order valence-corrected chi connectivity index (χ0v) is 17.4. The summed E-state index contributed by atoms with van der Waals surface area (Å²) in [5.74, 6) is -0.723. The molecule has 2 heterocycles. The topological polar surface area (TPSA) is 81.1 Å². The highest BCUT2D eigenvalue weighted by Gasteiger charge is 2.18. The summed E-state index contributed by atoms with van der Waals surface area (Å²) < 4.78 is 1.59. The van der Waals surface area contributed by atoms with Gasteiger partial charge in [-0.1, -0.05) is 29.8 Å². The summed E-state index contributed by atoms with van der Waals surface area (Å²) in [4.78, 5) is 42.7. The number of halogens is 1. The standard InChI is InChI=1S/C24H18ClN3O3/c1-15-4-2-3-5-20(15)27-22(29)14-28-13-19(23(30)16-8-10-26-11-9-16)24(31)18-12-17(25)6-7-21(18)28/h2-13H,14H2,1H3,(H,27,29). The van der Waals surface area contributed by atoms with Crippen molar-refractivity contribution in [2.45, 2.75) is 13.5 Å².